The summed E-state index contributed by atoms with van der Waals surface area (Å²) in [5.41, 5.74) is 2.11. The van der Waals surface area contributed by atoms with Gasteiger partial charge in [-0.2, -0.15) is 0 Å². The summed E-state index contributed by atoms with van der Waals surface area (Å²) in [6.07, 6.45) is 0.910. The van der Waals surface area contributed by atoms with Crippen LogP contribution in [0.15, 0.2) is 42.5 Å². The normalized spacial score (nSPS) is 10.3. The maximum absolute atomic E-state index is 6.10. The summed E-state index contributed by atoms with van der Waals surface area (Å²) in [6.45, 7) is 0.798. The monoisotopic (exact) mass is 295 g/mol. The minimum atomic E-state index is 0.566. The molecule has 0 radical (unpaired) electrons. The molecule has 100 valence electrons. The number of hydrogen-bond acceptors (Lipinski definition) is 2. The lowest BCUT2D eigenvalue weighted by molar-refractivity contribution is 0.414. The first-order chi connectivity index (χ1) is 9.20. The fourth-order valence-electron chi connectivity index (χ4n) is 1.77. The van der Waals surface area contributed by atoms with E-state index in [2.05, 4.69) is 17.4 Å². The van der Waals surface area contributed by atoms with E-state index in [9.17, 15) is 0 Å². The summed E-state index contributed by atoms with van der Waals surface area (Å²) in [7, 11) is 1.66. The quantitative estimate of drug-likeness (QED) is 0.866. The van der Waals surface area contributed by atoms with Crippen LogP contribution >= 0.6 is 23.2 Å². The lowest BCUT2D eigenvalue weighted by Crippen LogP contribution is -2.05. The van der Waals surface area contributed by atoms with Gasteiger partial charge in [0.15, 0.2) is 0 Å². The van der Waals surface area contributed by atoms with Crippen molar-refractivity contribution in [2.45, 2.75) is 6.42 Å². The van der Waals surface area contributed by atoms with Gasteiger partial charge in [-0.3, -0.25) is 0 Å². The van der Waals surface area contributed by atoms with Gasteiger partial charge in [0.05, 0.1) is 22.8 Å². The van der Waals surface area contributed by atoms with Crippen LogP contribution in [-0.2, 0) is 6.42 Å². The van der Waals surface area contributed by atoms with Gasteiger partial charge in [-0.25, -0.2) is 0 Å². The number of nitrogens with one attached hydrogen (secondary N) is 1. The van der Waals surface area contributed by atoms with E-state index in [1.165, 1.54) is 5.56 Å². The first-order valence-electron chi connectivity index (χ1n) is 6.01. The predicted octanol–water partition coefficient (Wildman–Crippen LogP) is 4.66. The topological polar surface area (TPSA) is 21.3 Å². The fraction of sp³-hybridized carbons (Fsp3) is 0.200. The number of rotatable bonds is 5. The molecule has 0 aliphatic carbocycles. The molecule has 0 aliphatic heterocycles. The Labute approximate surface area is 123 Å². The van der Waals surface area contributed by atoms with Crippen molar-refractivity contribution in [3.8, 4) is 5.75 Å². The number of hydrogen-bond donors (Lipinski definition) is 1. The Bertz CT molecular complexity index is 540. The highest BCUT2D eigenvalue weighted by molar-refractivity contribution is 6.43. The molecule has 19 heavy (non-hydrogen) atoms. The minimum absolute atomic E-state index is 0.566. The van der Waals surface area contributed by atoms with Crippen molar-refractivity contribution < 1.29 is 4.74 Å². The van der Waals surface area contributed by atoms with Crippen LogP contribution in [0.25, 0.3) is 0 Å². The number of halogens is 2. The van der Waals surface area contributed by atoms with Crippen molar-refractivity contribution in [1.29, 1.82) is 0 Å². The van der Waals surface area contributed by atoms with E-state index >= 15 is 0 Å². The molecule has 0 aromatic heterocycles. The molecule has 0 spiro atoms. The lowest BCUT2D eigenvalue weighted by atomic mass is 10.1. The highest BCUT2D eigenvalue weighted by Gasteiger charge is 2.03. The standard InChI is InChI=1S/C15H15Cl2NO/c1-19-12-7-5-11(6-8-12)9-10-18-14-4-2-3-13(16)15(14)17/h2-8,18H,9-10H2,1H3. The third kappa shape index (κ3) is 3.79. The molecule has 0 heterocycles. The van der Waals surface area contributed by atoms with E-state index < -0.39 is 0 Å². The molecule has 2 rings (SSSR count). The van der Waals surface area contributed by atoms with Gasteiger partial charge in [-0.1, -0.05) is 41.4 Å². The summed E-state index contributed by atoms with van der Waals surface area (Å²) in [6, 6.07) is 13.6. The highest BCUT2D eigenvalue weighted by Crippen LogP contribution is 2.29. The number of ether oxygens (including phenoxy) is 1. The maximum atomic E-state index is 6.10. The molecule has 0 unspecified atom stereocenters. The molecule has 0 fully saturated rings. The van der Waals surface area contributed by atoms with Crippen molar-refractivity contribution in [2.24, 2.45) is 0 Å². The number of anilines is 1. The summed E-state index contributed by atoms with van der Waals surface area (Å²) in [5.74, 6) is 0.870. The summed E-state index contributed by atoms with van der Waals surface area (Å²) in [4.78, 5) is 0. The Morgan fingerprint density at radius 3 is 2.47 bits per heavy atom. The first-order valence-corrected chi connectivity index (χ1v) is 6.77. The summed E-state index contributed by atoms with van der Waals surface area (Å²) < 4.78 is 5.12. The van der Waals surface area contributed by atoms with E-state index in [0.717, 1.165) is 24.4 Å². The Kier molecular flexibility index (Phi) is 4.94. The van der Waals surface area contributed by atoms with Gasteiger partial charge in [0.2, 0.25) is 0 Å². The van der Waals surface area contributed by atoms with E-state index in [-0.39, 0.29) is 0 Å². The fourth-order valence-corrected chi connectivity index (χ4v) is 2.14. The van der Waals surface area contributed by atoms with Crippen molar-refractivity contribution >= 4 is 28.9 Å². The average Bonchev–Trinajstić information content (AvgIpc) is 2.44. The molecule has 0 atom stereocenters. The number of benzene rings is 2. The van der Waals surface area contributed by atoms with Crippen molar-refractivity contribution in [3.63, 3.8) is 0 Å². The van der Waals surface area contributed by atoms with Crippen LogP contribution in [0.3, 0.4) is 0 Å². The Balaban J connectivity index is 1.90. The molecule has 2 nitrogen and oxygen atoms in total. The third-order valence-corrected chi connectivity index (χ3v) is 3.66. The molecular formula is C15H15Cl2NO. The molecule has 0 bridgehead atoms. The van der Waals surface area contributed by atoms with Crippen LogP contribution in [0.2, 0.25) is 10.0 Å². The first kappa shape index (κ1) is 14.0. The molecule has 0 saturated carbocycles. The van der Waals surface area contributed by atoms with Gasteiger partial charge in [-0.05, 0) is 36.2 Å². The van der Waals surface area contributed by atoms with Crippen molar-refractivity contribution in [3.05, 3.63) is 58.1 Å². The maximum Gasteiger partial charge on any atom is 0.118 e. The van der Waals surface area contributed by atoms with E-state index in [1.54, 1.807) is 13.2 Å². The molecule has 1 N–H and O–H groups in total. The Hall–Kier alpha value is -1.38. The summed E-state index contributed by atoms with van der Waals surface area (Å²) in [5, 5.41) is 4.42. The number of methoxy groups -OCH3 is 1. The molecule has 0 aliphatic rings. The van der Waals surface area contributed by atoms with Crippen molar-refractivity contribution in [2.75, 3.05) is 19.0 Å². The van der Waals surface area contributed by atoms with E-state index in [0.29, 0.717) is 10.0 Å². The van der Waals surface area contributed by atoms with Gasteiger partial charge in [0.25, 0.3) is 0 Å². The molecule has 4 heteroatoms. The van der Waals surface area contributed by atoms with Gasteiger partial charge in [-0.15, -0.1) is 0 Å². The zero-order valence-electron chi connectivity index (χ0n) is 10.6. The molecule has 2 aromatic rings. The Morgan fingerprint density at radius 1 is 1.05 bits per heavy atom. The van der Waals surface area contributed by atoms with Gasteiger partial charge in [0, 0.05) is 6.54 Å². The zero-order valence-corrected chi connectivity index (χ0v) is 12.1. The van der Waals surface area contributed by atoms with E-state index in [4.69, 9.17) is 27.9 Å². The second kappa shape index (κ2) is 6.69. The van der Waals surface area contributed by atoms with Crippen molar-refractivity contribution in [1.82, 2.24) is 0 Å². The molecule has 0 saturated heterocycles. The van der Waals surface area contributed by atoms with Crippen LogP contribution in [0, 0.1) is 0 Å². The van der Waals surface area contributed by atoms with Crippen LogP contribution in [-0.4, -0.2) is 13.7 Å². The van der Waals surface area contributed by atoms with Crippen LogP contribution < -0.4 is 10.1 Å². The van der Waals surface area contributed by atoms with Gasteiger partial charge < -0.3 is 10.1 Å². The Morgan fingerprint density at radius 2 is 1.79 bits per heavy atom. The lowest BCUT2D eigenvalue weighted by Gasteiger charge is -2.09. The SMILES string of the molecule is COc1ccc(CCNc2cccc(Cl)c2Cl)cc1. The zero-order chi connectivity index (χ0) is 13.7. The minimum Gasteiger partial charge on any atom is -0.497 e. The third-order valence-electron chi connectivity index (χ3n) is 2.84. The smallest absolute Gasteiger partial charge is 0.118 e. The molecular weight excluding hydrogens is 281 g/mol. The van der Waals surface area contributed by atoms with Gasteiger partial charge >= 0.3 is 0 Å². The average molecular weight is 296 g/mol. The summed E-state index contributed by atoms with van der Waals surface area (Å²) >= 11 is 12.1. The second-order valence-corrected chi connectivity index (χ2v) is 4.91. The van der Waals surface area contributed by atoms with Crippen LogP contribution in [0.4, 0.5) is 5.69 Å². The van der Waals surface area contributed by atoms with Crippen LogP contribution in [0.5, 0.6) is 5.75 Å². The van der Waals surface area contributed by atoms with Gasteiger partial charge in [0.1, 0.15) is 5.75 Å². The molecule has 0 amide bonds. The second-order valence-electron chi connectivity index (χ2n) is 4.13. The predicted molar refractivity (Wildman–Crippen MR) is 81.6 cm³/mol. The largest absolute Gasteiger partial charge is 0.497 e. The van der Waals surface area contributed by atoms with E-state index in [1.807, 2.05) is 24.3 Å². The van der Waals surface area contributed by atoms with Crippen LogP contribution in [0.1, 0.15) is 5.56 Å². The molecule has 2 aromatic carbocycles. The highest BCUT2D eigenvalue weighted by atomic mass is 35.5.